The fraction of sp³-hybridized carbons (Fsp3) is 0.550. The highest BCUT2D eigenvalue weighted by molar-refractivity contribution is 5.97. The van der Waals surface area contributed by atoms with Crippen molar-refractivity contribution in [1.29, 1.82) is 0 Å². The summed E-state index contributed by atoms with van der Waals surface area (Å²) in [6.07, 6.45) is -0.359. The quantitative estimate of drug-likeness (QED) is 0.798. The normalized spacial score (nSPS) is 15.2. The number of hydrogen-bond donors (Lipinski definition) is 1. The first-order valence-corrected chi connectivity index (χ1v) is 9.52. The summed E-state index contributed by atoms with van der Waals surface area (Å²) in [6, 6.07) is 6.09. The van der Waals surface area contributed by atoms with E-state index in [9.17, 15) is 14.4 Å². The molecule has 1 aliphatic heterocycles. The Morgan fingerprint density at radius 1 is 1.04 bits per heavy atom. The van der Waals surface area contributed by atoms with Gasteiger partial charge in [0.25, 0.3) is 5.91 Å². The van der Waals surface area contributed by atoms with E-state index < -0.39 is 6.04 Å². The molecule has 28 heavy (non-hydrogen) atoms. The highest BCUT2D eigenvalue weighted by atomic mass is 16.6. The smallest absolute Gasteiger partial charge is 0.409 e. The highest BCUT2D eigenvalue weighted by Gasteiger charge is 2.32. The number of carbonyl (C=O) groups is 3. The van der Waals surface area contributed by atoms with Crippen LogP contribution in [0.5, 0.6) is 5.75 Å². The number of nitrogens with one attached hydrogen (secondary N) is 1. The summed E-state index contributed by atoms with van der Waals surface area (Å²) in [5.41, 5.74) is 0.464. The molecule has 0 radical (unpaired) electrons. The lowest BCUT2D eigenvalue weighted by Gasteiger charge is -2.36. The molecule has 0 bridgehead atoms. The Kier molecular flexibility index (Phi) is 7.66. The van der Waals surface area contributed by atoms with Gasteiger partial charge in [0.05, 0.1) is 13.7 Å². The molecule has 3 amide bonds. The third-order valence-electron chi connectivity index (χ3n) is 4.69. The highest BCUT2D eigenvalue weighted by Crippen LogP contribution is 2.14. The lowest BCUT2D eigenvalue weighted by molar-refractivity contribution is -0.135. The van der Waals surface area contributed by atoms with Gasteiger partial charge in [-0.2, -0.15) is 0 Å². The van der Waals surface area contributed by atoms with Crippen molar-refractivity contribution >= 4 is 17.9 Å². The molecule has 1 aromatic rings. The number of piperazine rings is 1. The summed E-state index contributed by atoms with van der Waals surface area (Å²) in [5.74, 6) is 0.144. The SMILES string of the molecule is CCOC(=O)N1CCN(C(=O)[C@H](NC(=O)c2ccc(OC)cc2)C(C)C)CC1. The molecule has 0 unspecified atom stereocenters. The van der Waals surface area contributed by atoms with Crippen molar-refractivity contribution in [3.05, 3.63) is 29.8 Å². The molecule has 2 rings (SSSR count). The van der Waals surface area contributed by atoms with E-state index >= 15 is 0 Å². The fourth-order valence-corrected chi connectivity index (χ4v) is 3.00. The number of carbonyl (C=O) groups excluding carboxylic acids is 3. The van der Waals surface area contributed by atoms with Crippen LogP contribution in [0.3, 0.4) is 0 Å². The Labute approximate surface area is 165 Å². The third-order valence-corrected chi connectivity index (χ3v) is 4.69. The van der Waals surface area contributed by atoms with Gasteiger partial charge in [-0.15, -0.1) is 0 Å². The lowest BCUT2D eigenvalue weighted by atomic mass is 10.0. The minimum Gasteiger partial charge on any atom is -0.497 e. The molecule has 1 saturated heterocycles. The topological polar surface area (TPSA) is 88.2 Å². The molecule has 1 aromatic carbocycles. The lowest BCUT2D eigenvalue weighted by Crippen LogP contribution is -2.57. The zero-order valence-electron chi connectivity index (χ0n) is 16.9. The molecule has 1 fully saturated rings. The predicted octanol–water partition coefficient (Wildman–Crippen LogP) is 1.75. The molecule has 0 aliphatic carbocycles. The van der Waals surface area contributed by atoms with Crippen LogP contribution in [0, 0.1) is 5.92 Å². The standard InChI is InChI=1S/C20H29N3O5/c1-5-28-20(26)23-12-10-22(11-13-23)19(25)17(14(2)3)21-18(24)15-6-8-16(27-4)9-7-15/h6-9,14,17H,5,10-13H2,1-4H3,(H,21,24)/t17-/m1/s1. The maximum Gasteiger partial charge on any atom is 0.409 e. The van der Waals surface area contributed by atoms with E-state index in [4.69, 9.17) is 9.47 Å². The molecule has 1 aliphatic rings. The average Bonchev–Trinajstić information content (AvgIpc) is 2.71. The van der Waals surface area contributed by atoms with Crippen molar-refractivity contribution in [2.75, 3.05) is 39.9 Å². The van der Waals surface area contributed by atoms with Crippen molar-refractivity contribution in [3.63, 3.8) is 0 Å². The first-order valence-electron chi connectivity index (χ1n) is 9.52. The molecule has 0 saturated carbocycles. The number of benzene rings is 1. The van der Waals surface area contributed by atoms with E-state index in [1.54, 1.807) is 48.1 Å². The minimum atomic E-state index is -0.635. The fourth-order valence-electron chi connectivity index (χ4n) is 3.00. The van der Waals surface area contributed by atoms with Gasteiger partial charge in [0.2, 0.25) is 5.91 Å². The average molecular weight is 391 g/mol. The largest absolute Gasteiger partial charge is 0.497 e. The second-order valence-corrected chi connectivity index (χ2v) is 6.93. The third kappa shape index (κ3) is 5.37. The Bertz CT molecular complexity index is 682. The van der Waals surface area contributed by atoms with E-state index in [0.717, 1.165) is 0 Å². The summed E-state index contributed by atoms with van der Waals surface area (Å²) in [4.78, 5) is 40.6. The van der Waals surface area contributed by atoms with Gasteiger partial charge in [0.1, 0.15) is 11.8 Å². The van der Waals surface area contributed by atoms with E-state index in [2.05, 4.69) is 5.32 Å². The second kappa shape index (κ2) is 9.96. The summed E-state index contributed by atoms with van der Waals surface area (Å²) in [5, 5.41) is 2.85. The van der Waals surface area contributed by atoms with Crippen LogP contribution in [0.4, 0.5) is 4.79 Å². The number of methoxy groups -OCH3 is 1. The van der Waals surface area contributed by atoms with Gasteiger partial charge < -0.3 is 24.6 Å². The zero-order chi connectivity index (χ0) is 20.7. The monoisotopic (exact) mass is 391 g/mol. The van der Waals surface area contributed by atoms with Gasteiger partial charge in [0, 0.05) is 31.7 Å². The van der Waals surface area contributed by atoms with Gasteiger partial charge in [-0.3, -0.25) is 9.59 Å². The molecular formula is C20H29N3O5. The van der Waals surface area contributed by atoms with Gasteiger partial charge in [-0.25, -0.2) is 4.79 Å². The van der Waals surface area contributed by atoms with Crippen LogP contribution in [0.15, 0.2) is 24.3 Å². The Balaban J connectivity index is 1.98. The molecule has 0 aromatic heterocycles. The van der Waals surface area contributed by atoms with Crippen LogP contribution >= 0.6 is 0 Å². The van der Waals surface area contributed by atoms with Crippen LogP contribution in [0.1, 0.15) is 31.1 Å². The van der Waals surface area contributed by atoms with Crippen LogP contribution in [0.2, 0.25) is 0 Å². The molecule has 1 N–H and O–H groups in total. The number of nitrogens with zero attached hydrogens (tertiary/aromatic N) is 2. The minimum absolute atomic E-state index is 0.0715. The maximum atomic E-state index is 13.0. The summed E-state index contributed by atoms with van der Waals surface area (Å²) >= 11 is 0. The molecule has 0 spiro atoms. The van der Waals surface area contributed by atoms with Gasteiger partial charge >= 0.3 is 6.09 Å². The van der Waals surface area contributed by atoms with Crippen molar-refractivity contribution in [2.24, 2.45) is 5.92 Å². The first kappa shape index (κ1) is 21.5. The molecule has 8 nitrogen and oxygen atoms in total. The van der Waals surface area contributed by atoms with E-state index in [1.807, 2.05) is 13.8 Å². The Morgan fingerprint density at radius 2 is 1.61 bits per heavy atom. The molecular weight excluding hydrogens is 362 g/mol. The predicted molar refractivity (Wildman–Crippen MR) is 104 cm³/mol. The van der Waals surface area contributed by atoms with Crippen LogP contribution in [0.25, 0.3) is 0 Å². The first-order chi connectivity index (χ1) is 13.4. The molecule has 1 atom stereocenters. The maximum absolute atomic E-state index is 13.0. The van der Waals surface area contributed by atoms with Crippen molar-refractivity contribution < 1.29 is 23.9 Å². The number of amides is 3. The van der Waals surface area contributed by atoms with Crippen molar-refractivity contribution in [1.82, 2.24) is 15.1 Å². The van der Waals surface area contributed by atoms with Gasteiger partial charge in [-0.1, -0.05) is 13.8 Å². The number of ether oxygens (including phenoxy) is 2. The summed E-state index contributed by atoms with van der Waals surface area (Å²) < 4.78 is 10.1. The second-order valence-electron chi connectivity index (χ2n) is 6.93. The summed E-state index contributed by atoms with van der Waals surface area (Å²) in [6.45, 7) is 7.54. The summed E-state index contributed by atoms with van der Waals surface area (Å²) in [7, 11) is 1.56. The van der Waals surface area contributed by atoms with Gasteiger partial charge in [0.15, 0.2) is 0 Å². The molecule has 154 valence electrons. The van der Waals surface area contributed by atoms with Crippen LogP contribution < -0.4 is 10.1 Å². The van der Waals surface area contributed by atoms with E-state index in [1.165, 1.54) is 0 Å². The molecule has 8 heteroatoms. The van der Waals surface area contributed by atoms with Gasteiger partial charge in [-0.05, 0) is 37.1 Å². The van der Waals surface area contributed by atoms with Crippen molar-refractivity contribution in [3.8, 4) is 5.75 Å². The van der Waals surface area contributed by atoms with Crippen LogP contribution in [-0.4, -0.2) is 73.6 Å². The van der Waals surface area contributed by atoms with E-state index in [0.29, 0.717) is 44.1 Å². The number of rotatable bonds is 6. The van der Waals surface area contributed by atoms with Crippen molar-refractivity contribution in [2.45, 2.75) is 26.8 Å². The Morgan fingerprint density at radius 3 is 2.11 bits per heavy atom. The number of hydrogen-bond acceptors (Lipinski definition) is 5. The molecule has 1 heterocycles. The Hall–Kier alpha value is -2.77. The van der Waals surface area contributed by atoms with Crippen LogP contribution in [-0.2, 0) is 9.53 Å². The zero-order valence-corrected chi connectivity index (χ0v) is 16.9. The van der Waals surface area contributed by atoms with E-state index in [-0.39, 0.29) is 23.8 Å².